The average Bonchev–Trinajstić information content (AvgIpc) is 2.96. The molecule has 1 aromatic carbocycles. The van der Waals surface area contributed by atoms with E-state index in [4.69, 9.17) is 14.9 Å². The van der Waals surface area contributed by atoms with Crippen molar-refractivity contribution in [3.8, 4) is 5.75 Å². The summed E-state index contributed by atoms with van der Waals surface area (Å²) >= 11 is 0. The Morgan fingerprint density at radius 1 is 1.17 bits per heavy atom. The normalized spacial score (nSPS) is 9.96. The average molecular weight is 317 g/mol. The molecule has 0 bridgehead atoms. The van der Waals surface area contributed by atoms with E-state index in [9.17, 15) is 14.4 Å². The fourth-order valence-electron chi connectivity index (χ4n) is 1.76. The summed E-state index contributed by atoms with van der Waals surface area (Å²) in [6.07, 6.45) is 1.38. The summed E-state index contributed by atoms with van der Waals surface area (Å²) in [5.74, 6) is -0.899. The number of hydrazine groups is 1. The van der Waals surface area contributed by atoms with Gasteiger partial charge in [-0.2, -0.15) is 0 Å². The first kappa shape index (κ1) is 16.1. The maximum atomic E-state index is 12.0. The summed E-state index contributed by atoms with van der Waals surface area (Å²) in [6.45, 7) is 1.35. The Labute approximate surface area is 131 Å². The maximum absolute atomic E-state index is 12.0. The largest absolute Gasteiger partial charge is 0.484 e. The standard InChI is InChI=1S/C15H15N3O5/c1-9-12(5-6-22-9)15(21)18-17-14(20)10-3-2-4-11(7-10)23-8-13(16)19/h2-7H,8H2,1H3,(H2,16,19)(H,17,20)(H,18,21). The predicted molar refractivity (Wildman–Crippen MR) is 79.5 cm³/mol. The second kappa shape index (κ2) is 7.12. The molecular weight excluding hydrogens is 302 g/mol. The molecule has 1 heterocycles. The third-order valence-electron chi connectivity index (χ3n) is 2.87. The zero-order chi connectivity index (χ0) is 16.8. The van der Waals surface area contributed by atoms with Crippen molar-refractivity contribution in [2.45, 2.75) is 6.92 Å². The van der Waals surface area contributed by atoms with Crippen LogP contribution in [0.1, 0.15) is 26.5 Å². The van der Waals surface area contributed by atoms with Gasteiger partial charge in [-0.3, -0.25) is 25.2 Å². The molecule has 0 spiro atoms. The molecular formula is C15H15N3O5. The Morgan fingerprint density at radius 2 is 1.91 bits per heavy atom. The van der Waals surface area contributed by atoms with E-state index in [-0.39, 0.29) is 12.2 Å². The minimum Gasteiger partial charge on any atom is -0.484 e. The van der Waals surface area contributed by atoms with Gasteiger partial charge in [0, 0.05) is 5.56 Å². The number of carbonyl (C=O) groups excluding carboxylic acids is 3. The Balaban J connectivity index is 1.95. The number of hydrogen-bond donors (Lipinski definition) is 3. The van der Waals surface area contributed by atoms with Gasteiger partial charge in [-0.1, -0.05) is 6.07 Å². The topological polar surface area (TPSA) is 124 Å². The van der Waals surface area contributed by atoms with Crippen molar-refractivity contribution in [3.63, 3.8) is 0 Å². The number of ether oxygens (including phenoxy) is 1. The van der Waals surface area contributed by atoms with Crippen molar-refractivity contribution < 1.29 is 23.5 Å². The number of nitrogens with two attached hydrogens (primary N) is 1. The first-order chi connectivity index (χ1) is 11.0. The number of aryl methyl sites for hydroxylation is 1. The van der Waals surface area contributed by atoms with Crippen molar-refractivity contribution in [1.82, 2.24) is 10.9 Å². The van der Waals surface area contributed by atoms with Crippen molar-refractivity contribution in [2.24, 2.45) is 5.73 Å². The van der Waals surface area contributed by atoms with E-state index in [1.807, 2.05) is 0 Å². The highest BCUT2D eigenvalue weighted by Gasteiger charge is 2.13. The molecule has 0 aliphatic rings. The SMILES string of the molecule is Cc1occc1C(=O)NNC(=O)c1cccc(OCC(N)=O)c1. The van der Waals surface area contributed by atoms with Crippen LogP contribution in [-0.4, -0.2) is 24.3 Å². The number of hydrogen-bond acceptors (Lipinski definition) is 5. The molecule has 0 unspecified atom stereocenters. The van der Waals surface area contributed by atoms with Gasteiger partial charge < -0.3 is 14.9 Å². The fourth-order valence-corrected chi connectivity index (χ4v) is 1.76. The Morgan fingerprint density at radius 3 is 2.57 bits per heavy atom. The molecule has 2 aromatic rings. The second-order valence-corrected chi connectivity index (χ2v) is 4.58. The fraction of sp³-hybridized carbons (Fsp3) is 0.133. The highest BCUT2D eigenvalue weighted by atomic mass is 16.5. The molecule has 1 aromatic heterocycles. The molecule has 0 radical (unpaired) electrons. The molecule has 0 atom stereocenters. The minimum atomic E-state index is -0.623. The second-order valence-electron chi connectivity index (χ2n) is 4.58. The van der Waals surface area contributed by atoms with Gasteiger partial charge in [0.2, 0.25) is 0 Å². The molecule has 4 N–H and O–H groups in total. The number of primary amides is 1. The van der Waals surface area contributed by atoms with Gasteiger partial charge in [0.25, 0.3) is 17.7 Å². The minimum absolute atomic E-state index is 0.246. The van der Waals surface area contributed by atoms with Gasteiger partial charge in [-0.05, 0) is 31.2 Å². The maximum Gasteiger partial charge on any atom is 0.273 e. The van der Waals surface area contributed by atoms with Crippen LogP contribution in [0.25, 0.3) is 0 Å². The van der Waals surface area contributed by atoms with Crippen molar-refractivity contribution in [2.75, 3.05) is 6.61 Å². The van der Waals surface area contributed by atoms with E-state index < -0.39 is 17.7 Å². The van der Waals surface area contributed by atoms with Crippen molar-refractivity contribution in [1.29, 1.82) is 0 Å². The number of carbonyl (C=O) groups is 3. The molecule has 8 heteroatoms. The number of nitrogens with one attached hydrogen (secondary N) is 2. The van der Waals surface area contributed by atoms with E-state index in [0.29, 0.717) is 17.1 Å². The van der Waals surface area contributed by atoms with Gasteiger partial charge in [0.1, 0.15) is 11.5 Å². The molecule has 23 heavy (non-hydrogen) atoms. The van der Waals surface area contributed by atoms with Gasteiger partial charge in [-0.15, -0.1) is 0 Å². The van der Waals surface area contributed by atoms with Gasteiger partial charge >= 0.3 is 0 Å². The summed E-state index contributed by atoms with van der Waals surface area (Å²) in [5, 5.41) is 0. The first-order valence-corrected chi connectivity index (χ1v) is 6.63. The lowest BCUT2D eigenvalue weighted by atomic mass is 10.2. The van der Waals surface area contributed by atoms with Crippen molar-refractivity contribution in [3.05, 3.63) is 53.5 Å². The number of amides is 3. The highest BCUT2D eigenvalue weighted by Crippen LogP contribution is 2.13. The van der Waals surface area contributed by atoms with Gasteiger partial charge in [-0.25, -0.2) is 0 Å². The summed E-state index contributed by atoms with van der Waals surface area (Å²) in [6, 6.07) is 7.60. The molecule has 0 fully saturated rings. The van der Waals surface area contributed by atoms with E-state index in [1.54, 1.807) is 19.1 Å². The number of rotatable bonds is 5. The third-order valence-corrected chi connectivity index (χ3v) is 2.87. The van der Waals surface area contributed by atoms with Crippen LogP contribution in [0.4, 0.5) is 0 Å². The number of benzene rings is 1. The molecule has 120 valence electrons. The molecule has 0 aliphatic carbocycles. The molecule has 3 amide bonds. The van der Waals surface area contributed by atoms with E-state index in [0.717, 1.165) is 0 Å². The van der Waals surface area contributed by atoms with E-state index in [1.165, 1.54) is 24.5 Å². The van der Waals surface area contributed by atoms with Crippen LogP contribution < -0.4 is 21.3 Å². The van der Waals surface area contributed by atoms with Crippen LogP contribution in [0, 0.1) is 6.92 Å². The van der Waals surface area contributed by atoms with Gasteiger partial charge in [0.15, 0.2) is 6.61 Å². The summed E-state index contributed by atoms with van der Waals surface area (Å²) < 4.78 is 10.1. The number of furan rings is 1. The first-order valence-electron chi connectivity index (χ1n) is 6.63. The quantitative estimate of drug-likeness (QED) is 0.694. The lowest BCUT2D eigenvalue weighted by Crippen LogP contribution is -2.41. The lowest BCUT2D eigenvalue weighted by Gasteiger charge is -2.08. The van der Waals surface area contributed by atoms with Crippen LogP contribution in [0.5, 0.6) is 5.75 Å². The highest BCUT2D eigenvalue weighted by molar-refractivity contribution is 5.99. The Kier molecular flexibility index (Phi) is 4.98. The molecule has 0 aliphatic heterocycles. The Hall–Kier alpha value is -3.29. The van der Waals surface area contributed by atoms with Crippen LogP contribution in [0.15, 0.2) is 41.0 Å². The predicted octanol–water partition coefficient (Wildman–Crippen LogP) is 0.527. The molecule has 8 nitrogen and oxygen atoms in total. The Bertz CT molecular complexity index is 738. The third kappa shape index (κ3) is 4.34. The summed E-state index contributed by atoms with van der Waals surface area (Å²) in [5.41, 5.74) is 10.1. The summed E-state index contributed by atoms with van der Waals surface area (Å²) in [4.78, 5) is 34.5. The van der Waals surface area contributed by atoms with Crippen LogP contribution in [0.2, 0.25) is 0 Å². The van der Waals surface area contributed by atoms with E-state index >= 15 is 0 Å². The van der Waals surface area contributed by atoms with Crippen molar-refractivity contribution >= 4 is 17.7 Å². The zero-order valence-corrected chi connectivity index (χ0v) is 12.3. The van der Waals surface area contributed by atoms with E-state index in [2.05, 4.69) is 10.9 Å². The monoisotopic (exact) mass is 317 g/mol. The van der Waals surface area contributed by atoms with Gasteiger partial charge in [0.05, 0.1) is 11.8 Å². The molecule has 0 saturated carbocycles. The molecule has 0 saturated heterocycles. The van der Waals surface area contributed by atoms with Crippen LogP contribution in [-0.2, 0) is 4.79 Å². The molecule has 2 rings (SSSR count). The lowest BCUT2D eigenvalue weighted by molar-refractivity contribution is -0.119. The zero-order valence-electron chi connectivity index (χ0n) is 12.3. The van der Waals surface area contributed by atoms with Crippen LogP contribution in [0.3, 0.4) is 0 Å². The smallest absolute Gasteiger partial charge is 0.273 e. The van der Waals surface area contributed by atoms with Crippen LogP contribution >= 0.6 is 0 Å². The summed E-state index contributed by atoms with van der Waals surface area (Å²) in [7, 11) is 0.